The van der Waals surface area contributed by atoms with Crippen LogP contribution in [0.3, 0.4) is 0 Å². The summed E-state index contributed by atoms with van der Waals surface area (Å²) in [6.45, 7) is 1.29. The molecule has 21 heavy (non-hydrogen) atoms. The number of thioether (sulfide) groups is 1. The van der Waals surface area contributed by atoms with Crippen LogP contribution in [0.5, 0.6) is 0 Å². The number of pyridine rings is 1. The number of hydrogen-bond donors (Lipinski definition) is 1. The van der Waals surface area contributed by atoms with Crippen molar-refractivity contribution in [3.05, 3.63) is 35.7 Å². The zero-order valence-electron chi connectivity index (χ0n) is 11.5. The number of aromatic nitrogens is 2. The first-order valence-corrected chi connectivity index (χ1v) is 7.22. The summed E-state index contributed by atoms with van der Waals surface area (Å²) < 4.78 is 9.76. The van der Waals surface area contributed by atoms with Crippen molar-refractivity contribution in [2.24, 2.45) is 0 Å². The topological polar surface area (TPSA) is 94.3 Å². The van der Waals surface area contributed by atoms with Crippen molar-refractivity contribution in [1.82, 2.24) is 10.1 Å². The first-order chi connectivity index (χ1) is 10.1. The molecule has 8 heteroatoms. The Bertz CT molecular complexity index is 656. The molecule has 0 aliphatic heterocycles. The highest BCUT2D eigenvalue weighted by Crippen LogP contribution is 2.17. The number of hydrogen-bond acceptors (Lipinski definition) is 7. The van der Waals surface area contributed by atoms with Gasteiger partial charge in [-0.15, -0.1) is 11.8 Å². The van der Waals surface area contributed by atoms with E-state index in [9.17, 15) is 9.59 Å². The van der Waals surface area contributed by atoms with E-state index in [4.69, 9.17) is 9.26 Å². The Labute approximate surface area is 125 Å². The molecule has 0 saturated carbocycles. The van der Waals surface area contributed by atoms with Crippen LogP contribution in [0.15, 0.2) is 33.9 Å². The first-order valence-electron chi connectivity index (χ1n) is 5.99. The van der Waals surface area contributed by atoms with Gasteiger partial charge in [-0.3, -0.25) is 4.79 Å². The third kappa shape index (κ3) is 4.06. The van der Waals surface area contributed by atoms with Crippen molar-refractivity contribution >= 4 is 29.5 Å². The molecule has 2 aromatic heterocycles. The van der Waals surface area contributed by atoms with Crippen LogP contribution in [-0.4, -0.2) is 34.9 Å². The number of amides is 1. The van der Waals surface area contributed by atoms with E-state index in [0.717, 1.165) is 0 Å². The van der Waals surface area contributed by atoms with Crippen LogP contribution in [0.1, 0.15) is 16.1 Å². The number of carbonyl (C=O) groups excluding carboxylic acids is 2. The lowest BCUT2D eigenvalue weighted by molar-refractivity contribution is -0.119. The summed E-state index contributed by atoms with van der Waals surface area (Å²) in [4.78, 5) is 27.6. The number of carbonyl (C=O) groups is 2. The van der Waals surface area contributed by atoms with Crippen LogP contribution in [0.25, 0.3) is 0 Å². The highest BCUT2D eigenvalue weighted by molar-refractivity contribution is 7.98. The zero-order chi connectivity index (χ0) is 15.2. The van der Waals surface area contributed by atoms with Crippen LogP contribution in [0, 0.1) is 6.92 Å². The van der Waals surface area contributed by atoms with E-state index in [1.165, 1.54) is 11.8 Å². The molecule has 0 radical (unpaired) electrons. The molecule has 1 amide bonds. The Morgan fingerprint density at radius 1 is 1.48 bits per heavy atom. The largest absolute Gasteiger partial charge is 0.452 e. The summed E-state index contributed by atoms with van der Waals surface area (Å²) in [6.07, 6.45) is 3.39. The summed E-state index contributed by atoms with van der Waals surface area (Å²) in [5, 5.41) is 6.61. The standard InChI is InChI=1S/C13H13N3O4S/c1-8-6-10(16-20-8)15-11(17)7-19-13(18)9-4-3-5-14-12(9)21-2/h3-6H,7H2,1-2H3,(H,15,16,17). The van der Waals surface area contributed by atoms with Gasteiger partial charge < -0.3 is 14.6 Å². The monoisotopic (exact) mass is 307 g/mol. The molecule has 0 bridgehead atoms. The molecule has 0 aliphatic rings. The molecule has 7 nitrogen and oxygen atoms in total. The molecule has 0 atom stereocenters. The zero-order valence-corrected chi connectivity index (χ0v) is 12.3. The number of rotatable bonds is 5. The minimum atomic E-state index is -0.598. The lowest BCUT2D eigenvalue weighted by Crippen LogP contribution is -2.21. The van der Waals surface area contributed by atoms with E-state index in [2.05, 4.69) is 15.5 Å². The van der Waals surface area contributed by atoms with Gasteiger partial charge >= 0.3 is 5.97 Å². The summed E-state index contributed by atoms with van der Waals surface area (Å²) >= 11 is 1.33. The summed E-state index contributed by atoms with van der Waals surface area (Å²) in [7, 11) is 0. The fourth-order valence-electron chi connectivity index (χ4n) is 1.52. The Morgan fingerprint density at radius 3 is 2.95 bits per heavy atom. The third-order valence-corrected chi connectivity index (χ3v) is 3.13. The summed E-state index contributed by atoms with van der Waals surface area (Å²) in [6, 6.07) is 4.79. The van der Waals surface area contributed by atoms with Gasteiger partial charge in [0.1, 0.15) is 10.8 Å². The SMILES string of the molecule is CSc1ncccc1C(=O)OCC(=O)Nc1cc(C)on1. The Morgan fingerprint density at radius 2 is 2.29 bits per heavy atom. The van der Waals surface area contributed by atoms with Crippen LogP contribution < -0.4 is 5.32 Å². The highest BCUT2D eigenvalue weighted by Gasteiger charge is 2.15. The second-order valence-corrected chi connectivity index (χ2v) is 4.80. The van der Waals surface area contributed by atoms with Crippen LogP contribution in [0.4, 0.5) is 5.82 Å². The molecule has 0 aromatic carbocycles. The molecule has 1 N–H and O–H groups in total. The van der Waals surface area contributed by atoms with Gasteiger partial charge in [-0.05, 0) is 25.3 Å². The molecular weight excluding hydrogens is 294 g/mol. The third-order valence-electron chi connectivity index (χ3n) is 2.41. The average Bonchev–Trinajstić information content (AvgIpc) is 2.89. The lowest BCUT2D eigenvalue weighted by atomic mass is 10.3. The van der Waals surface area contributed by atoms with Crippen molar-refractivity contribution in [3.63, 3.8) is 0 Å². The van der Waals surface area contributed by atoms with E-state index in [0.29, 0.717) is 16.3 Å². The maximum atomic E-state index is 11.9. The van der Waals surface area contributed by atoms with Crippen LogP contribution >= 0.6 is 11.8 Å². The van der Waals surface area contributed by atoms with Crippen molar-refractivity contribution in [2.75, 3.05) is 18.2 Å². The molecule has 0 spiro atoms. The number of ether oxygens (including phenoxy) is 1. The Balaban J connectivity index is 1.90. The number of nitrogens with zero attached hydrogens (tertiary/aromatic N) is 2. The average molecular weight is 307 g/mol. The van der Waals surface area contributed by atoms with Crippen molar-refractivity contribution in [1.29, 1.82) is 0 Å². The number of esters is 1. The van der Waals surface area contributed by atoms with Gasteiger partial charge in [0, 0.05) is 12.3 Å². The van der Waals surface area contributed by atoms with Gasteiger partial charge in [-0.2, -0.15) is 0 Å². The predicted octanol–water partition coefficient (Wildman–Crippen LogP) is 1.90. The molecular formula is C13H13N3O4S. The van der Waals surface area contributed by atoms with E-state index < -0.39 is 18.5 Å². The van der Waals surface area contributed by atoms with Gasteiger partial charge in [0.15, 0.2) is 12.4 Å². The predicted molar refractivity (Wildman–Crippen MR) is 76.2 cm³/mol. The van der Waals surface area contributed by atoms with Crippen LogP contribution in [0.2, 0.25) is 0 Å². The number of aryl methyl sites for hydroxylation is 1. The van der Waals surface area contributed by atoms with E-state index in [1.807, 2.05) is 0 Å². The maximum Gasteiger partial charge on any atom is 0.341 e. The number of anilines is 1. The number of nitrogens with one attached hydrogen (secondary N) is 1. The van der Waals surface area contributed by atoms with Crippen molar-refractivity contribution < 1.29 is 18.8 Å². The molecule has 0 unspecified atom stereocenters. The lowest BCUT2D eigenvalue weighted by Gasteiger charge is -2.06. The molecule has 2 rings (SSSR count). The molecule has 0 aliphatic carbocycles. The van der Waals surface area contributed by atoms with E-state index >= 15 is 0 Å². The van der Waals surface area contributed by atoms with E-state index in [-0.39, 0.29) is 5.82 Å². The van der Waals surface area contributed by atoms with Gasteiger partial charge in [0.25, 0.3) is 5.91 Å². The Hall–Kier alpha value is -2.35. The highest BCUT2D eigenvalue weighted by atomic mass is 32.2. The normalized spacial score (nSPS) is 10.2. The fraction of sp³-hybridized carbons (Fsp3) is 0.231. The van der Waals surface area contributed by atoms with Crippen LogP contribution in [-0.2, 0) is 9.53 Å². The van der Waals surface area contributed by atoms with E-state index in [1.54, 1.807) is 37.6 Å². The van der Waals surface area contributed by atoms with Crippen molar-refractivity contribution in [3.8, 4) is 0 Å². The van der Waals surface area contributed by atoms with Gasteiger partial charge in [0.2, 0.25) is 0 Å². The second-order valence-electron chi connectivity index (χ2n) is 4.01. The Kier molecular flexibility index (Phi) is 4.94. The second kappa shape index (κ2) is 6.89. The summed E-state index contributed by atoms with van der Waals surface area (Å²) in [5.74, 6) is -0.243. The van der Waals surface area contributed by atoms with Gasteiger partial charge in [-0.25, -0.2) is 9.78 Å². The first kappa shape index (κ1) is 15.0. The molecule has 2 aromatic rings. The molecule has 110 valence electrons. The minimum Gasteiger partial charge on any atom is -0.452 e. The maximum absolute atomic E-state index is 11.9. The molecule has 2 heterocycles. The smallest absolute Gasteiger partial charge is 0.341 e. The van der Waals surface area contributed by atoms with Gasteiger partial charge in [-0.1, -0.05) is 5.16 Å². The fourth-order valence-corrected chi connectivity index (χ4v) is 2.06. The quantitative estimate of drug-likeness (QED) is 0.666. The summed E-state index contributed by atoms with van der Waals surface area (Å²) in [5.41, 5.74) is 0.329. The van der Waals surface area contributed by atoms with Crippen molar-refractivity contribution in [2.45, 2.75) is 11.9 Å². The molecule has 0 fully saturated rings. The molecule has 0 saturated heterocycles. The van der Waals surface area contributed by atoms with Gasteiger partial charge in [0.05, 0.1) is 5.56 Å². The minimum absolute atomic E-state index is 0.278.